The van der Waals surface area contributed by atoms with Gasteiger partial charge in [0.1, 0.15) is 29.4 Å². The summed E-state index contributed by atoms with van der Waals surface area (Å²) < 4.78 is 9.51. The van der Waals surface area contributed by atoms with Crippen molar-refractivity contribution in [3.8, 4) is 33.9 Å². The minimum absolute atomic E-state index is 0.112. The van der Waals surface area contributed by atoms with E-state index in [1.54, 1.807) is 34.6 Å². The summed E-state index contributed by atoms with van der Waals surface area (Å²) in [5, 5.41) is 7.45. The number of nitrogens with one attached hydrogen (secondary N) is 4. The Labute approximate surface area is 336 Å². The van der Waals surface area contributed by atoms with E-state index in [9.17, 15) is 19.2 Å². The van der Waals surface area contributed by atoms with Gasteiger partial charge in [0.2, 0.25) is 11.8 Å². The quantitative estimate of drug-likeness (QED) is 0.120. The predicted molar refractivity (Wildman–Crippen MR) is 216 cm³/mol. The number of methoxy groups -OCH3 is 2. The normalized spacial score (nSPS) is 17.8. The number of carbonyl (C=O) groups is 4. The van der Waals surface area contributed by atoms with Crippen LogP contribution in [0.1, 0.15) is 77.1 Å². The molecule has 0 spiro atoms. The second-order valence-corrected chi connectivity index (χ2v) is 15.5. The summed E-state index contributed by atoms with van der Waals surface area (Å²) in [4.78, 5) is 80.1. The molecule has 16 heteroatoms. The van der Waals surface area contributed by atoms with Crippen molar-refractivity contribution in [2.75, 3.05) is 27.3 Å². The first-order valence-corrected chi connectivity index (χ1v) is 19.7. The number of fused-ring (bicyclic) bond motifs is 1. The van der Waals surface area contributed by atoms with Crippen LogP contribution >= 0.6 is 0 Å². The fraction of sp³-hybridized carbons (Fsp3) is 0.429. The van der Waals surface area contributed by atoms with Crippen LogP contribution in [0.3, 0.4) is 0 Å². The SMILES string of the molecule is COC(=O)N[C@H](C(=O)N1CCC[C@H]1c1ncc(-c2ccc3cc(-c4cnc(-c5cnc([C@@H]6CCCN6C(=O)[C@@H](NC(=O)OC)C(C)C)[nH]5)cn4)ccc3c2)[nH]1)C(C)C. The lowest BCUT2D eigenvalue weighted by atomic mass is 10.0. The zero-order valence-electron chi connectivity index (χ0n) is 33.6. The fourth-order valence-electron chi connectivity index (χ4n) is 7.86. The van der Waals surface area contributed by atoms with E-state index < -0.39 is 24.3 Å². The van der Waals surface area contributed by atoms with E-state index in [4.69, 9.17) is 24.4 Å². The summed E-state index contributed by atoms with van der Waals surface area (Å²) >= 11 is 0. The van der Waals surface area contributed by atoms with Gasteiger partial charge in [-0.1, -0.05) is 52.0 Å². The van der Waals surface area contributed by atoms with Crippen LogP contribution in [0, 0.1) is 11.8 Å². The first-order chi connectivity index (χ1) is 27.9. The Bertz CT molecular complexity index is 2290. The molecule has 58 heavy (non-hydrogen) atoms. The molecule has 5 aromatic rings. The number of alkyl carbamates (subject to hydrolysis) is 2. The van der Waals surface area contributed by atoms with E-state index in [2.05, 4.69) is 49.9 Å². The molecule has 2 saturated heterocycles. The lowest BCUT2D eigenvalue weighted by Gasteiger charge is -2.30. The highest BCUT2D eigenvalue weighted by molar-refractivity contribution is 5.90. The number of ether oxygens (including phenoxy) is 2. The highest BCUT2D eigenvalue weighted by Gasteiger charge is 2.39. The van der Waals surface area contributed by atoms with Crippen molar-refractivity contribution in [2.45, 2.75) is 77.5 Å². The van der Waals surface area contributed by atoms with E-state index in [0.29, 0.717) is 36.1 Å². The number of rotatable bonds is 11. The molecule has 0 saturated carbocycles. The number of hydrogen-bond acceptors (Lipinski definition) is 10. The lowest BCUT2D eigenvalue weighted by Crippen LogP contribution is -2.51. The third-order valence-electron chi connectivity index (χ3n) is 11.1. The first-order valence-electron chi connectivity index (χ1n) is 19.7. The average molecular weight is 791 g/mol. The van der Waals surface area contributed by atoms with E-state index in [1.807, 2.05) is 39.8 Å². The predicted octanol–water partition coefficient (Wildman–Crippen LogP) is 6.17. The van der Waals surface area contributed by atoms with Gasteiger partial charge in [-0.15, -0.1) is 0 Å². The monoisotopic (exact) mass is 790 g/mol. The number of imidazole rings is 2. The summed E-state index contributed by atoms with van der Waals surface area (Å²) in [7, 11) is 2.57. The highest BCUT2D eigenvalue weighted by Crippen LogP contribution is 2.35. The number of aromatic amines is 2. The number of H-pyrrole nitrogens is 2. The van der Waals surface area contributed by atoms with Gasteiger partial charge >= 0.3 is 12.2 Å². The van der Waals surface area contributed by atoms with Crippen LogP contribution in [-0.4, -0.2) is 103 Å². The van der Waals surface area contributed by atoms with Gasteiger partial charge in [-0.25, -0.2) is 19.6 Å². The summed E-state index contributed by atoms with van der Waals surface area (Å²) in [6.07, 6.45) is 8.87. The largest absolute Gasteiger partial charge is 0.453 e. The molecule has 5 heterocycles. The van der Waals surface area contributed by atoms with Crippen LogP contribution in [0.15, 0.2) is 61.2 Å². The van der Waals surface area contributed by atoms with Crippen molar-refractivity contribution in [1.82, 2.24) is 50.3 Å². The number of likely N-dealkylation sites (tertiary alicyclic amines) is 2. The molecule has 0 bridgehead atoms. The molecular formula is C42H50N10O6. The van der Waals surface area contributed by atoms with E-state index >= 15 is 0 Å². The Hall–Kier alpha value is -6.32. The van der Waals surface area contributed by atoms with Gasteiger partial charge in [0.15, 0.2) is 0 Å². The van der Waals surface area contributed by atoms with Gasteiger partial charge in [-0.05, 0) is 60.4 Å². The summed E-state index contributed by atoms with van der Waals surface area (Å²) in [6.45, 7) is 8.72. The second-order valence-electron chi connectivity index (χ2n) is 15.5. The fourth-order valence-corrected chi connectivity index (χ4v) is 7.86. The molecule has 0 radical (unpaired) electrons. The van der Waals surface area contributed by atoms with Crippen molar-refractivity contribution in [2.24, 2.45) is 11.8 Å². The maximum Gasteiger partial charge on any atom is 0.407 e. The average Bonchev–Trinajstić information content (AvgIpc) is 4.07. The Kier molecular flexibility index (Phi) is 11.7. The second kappa shape index (κ2) is 17.0. The minimum Gasteiger partial charge on any atom is -0.453 e. The Morgan fingerprint density at radius 1 is 0.638 bits per heavy atom. The third-order valence-corrected chi connectivity index (χ3v) is 11.1. The van der Waals surface area contributed by atoms with E-state index in [0.717, 1.165) is 59.0 Å². The molecule has 2 aliphatic heterocycles. The zero-order chi connectivity index (χ0) is 41.1. The topological polar surface area (TPSA) is 200 Å². The molecule has 16 nitrogen and oxygen atoms in total. The Morgan fingerprint density at radius 2 is 1.10 bits per heavy atom. The summed E-state index contributed by atoms with van der Waals surface area (Å²) in [5.41, 5.74) is 4.76. The highest BCUT2D eigenvalue weighted by atomic mass is 16.5. The van der Waals surface area contributed by atoms with Crippen molar-refractivity contribution in [3.05, 3.63) is 72.8 Å². The van der Waals surface area contributed by atoms with Gasteiger partial charge in [0, 0.05) is 24.2 Å². The number of amides is 4. The first kappa shape index (κ1) is 39.9. The molecule has 7 rings (SSSR count). The minimum atomic E-state index is -0.709. The van der Waals surface area contributed by atoms with Gasteiger partial charge in [-0.2, -0.15) is 0 Å². The van der Waals surface area contributed by atoms with E-state index in [-0.39, 0.29) is 35.7 Å². The van der Waals surface area contributed by atoms with Crippen LogP contribution in [0.2, 0.25) is 0 Å². The van der Waals surface area contributed by atoms with Gasteiger partial charge < -0.3 is 39.9 Å². The molecule has 4 N–H and O–H groups in total. The van der Waals surface area contributed by atoms with Crippen molar-refractivity contribution in [1.29, 1.82) is 0 Å². The van der Waals surface area contributed by atoms with Crippen LogP contribution in [0.25, 0.3) is 44.7 Å². The molecule has 0 aliphatic carbocycles. The van der Waals surface area contributed by atoms with Gasteiger partial charge in [0.05, 0.1) is 68.2 Å². The number of carbonyl (C=O) groups excluding carboxylic acids is 4. The maximum atomic E-state index is 13.6. The number of benzene rings is 2. The summed E-state index contributed by atoms with van der Waals surface area (Å²) in [6, 6.07) is 10.5. The Balaban J connectivity index is 1.02. The van der Waals surface area contributed by atoms with Crippen molar-refractivity contribution >= 4 is 34.8 Å². The molecule has 0 unspecified atom stereocenters. The third kappa shape index (κ3) is 8.22. The van der Waals surface area contributed by atoms with E-state index in [1.165, 1.54) is 14.2 Å². The van der Waals surface area contributed by atoms with Crippen LogP contribution < -0.4 is 10.6 Å². The Morgan fingerprint density at radius 3 is 1.60 bits per heavy atom. The molecule has 2 fully saturated rings. The van der Waals surface area contributed by atoms with Crippen molar-refractivity contribution in [3.63, 3.8) is 0 Å². The molecule has 3 aromatic heterocycles. The maximum absolute atomic E-state index is 13.6. The number of nitrogens with zero attached hydrogens (tertiary/aromatic N) is 6. The molecule has 304 valence electrons. The standard InChI is InChI=1S/C42H50N10O6/c1-23(2)35(49-41(55)57-5)39(53)51-15-7-9-33(51)37-45-20-30(47-37)28-14-12-25-17-27(13-11-26(25)18-28)29-19-44-31(21-43-29)32-22-46-38(48-32)34-10-8-16-52(34)40(54)36(24(3)4)50-42(56)58-6/h11-14,17-24,33-36H,7-10,15-16H2,1-6H3,(H,45,47)(H,46,48)(H,49,55)(H,50,56)/t33-,34-,35-,36-/m0/s1. The molecule has 4 amide bonds. The molecular weight excluding hydrogens is 741 g/mol. The van der Waals surface area contributed by atoms with Gasteiger partial charge in [0.25, 0.3) is 0 Å². The number of hydrogen-bond donors (Lipinski definition) is 4. The van der Waals surface area contributed by atoms with Crippen molar-refractivity contribution < 1.29 is 28.7 Å². The lowest BCUT2D eigenvalue weighted by molar-refractivity contribution is -0.136. The van der Waals surface area contributed by atoms with Crippen LogP contribution in [-0.2, 0) is 19.1 Å². The van der Waals surface area contributed by atoms with Crippen LogP contribution in [0.5, 0.6) is 0 Å². The smallest absolute Gasteiger partial charge is 0.407 e. The number of aromatic nitrogens is 6. The molecule has 2 aliphatic rings. The zero-order valence-corrected chi connectivity index (χ0v) is 33.6. The van der Waals surface area contributed by atoms with Crippen LogP contribution in [0.4, 0.5) is 9.59 Å². The van der Waals surface area contributed by atoms with Gasteiger partial charge in [-0.3, -0.25) is 19.6 Å². The molecule has 2 aromatic carbocycles. The molecule has 4 atom stereocenters. The summed E-state index contributed by atoms with van der Waals surface area (Å²) in [5.74, 6) is 0.826.